The van der Waals surface area contributed by atoms with Crippen LogP contribution in [-0.4, -0.2) is 11.9 Å². The van der Waals surface area contributed by atoms with Gasteiger partial charge < -0.3 is 21.9 Å². The molecule has 0 fully saturated rings. The van der Waals surface area contributed by atoms with Gasteiger partial charge in [-0.25, -0.2) is 4.99 Å². The predicted octanol–water partition coefficient (Wildman–Crippen LogP) is 3.03. The Bertz CT molecular complexity index is 810. The van der Waals surface area contributed by atoms with Crippen LogP contribution in [-0.2, 0) is 6.18 Å². The summed E-state index contributed by atoms with van der Waals surface area (Å²) in [5, 5.41) is 0. The number of hydrogen-bond donors (Lipinski definition) is 3. The molecule has 25 heavy (non-hydrogen) atoms. The third kappa shape index (κ3) is 5.13. The van der Waals surface area contributed by atoms with E-state index in [1.54, 1.807) is 25.1 Å². The summed E-state index contributed by atoms with van der Waals surface area (Å²) >= 11 is 0. The second-order valence-corrected chi connectivity index (χ2v) is 5.08. The van der Waals surface area contributed by atoms with Crippen LogP contribution in [0.1, 0.15) is 11.1 Å². The zero-order valence-electron chi connectivity index (χ0n) is 13.2. The Labute approximate surface area is 141 Å². The lowest BCUT2D eigenvalue weighted by molar-refractivity contribution is -0.137. The molecule has 2 rings (SSSR count). The maximum atomic E-state index is 12.5. The summed E-state index contributed by atoms with van der Waals surface area (Å²) in [6.45, 7) is 1.77. The second kappa shape index (κ2) is 7.12. The molecule has 0 amide bonds. The van der Waals surface area contributed by atoms with Crippen LogP contribution in [0.5, 0.6) is 11.5 Å². The Hall–Kier alpha value is -3.23. The molecule has 0 atom stereocenters. The van der Waals surface area contributed by atoms with Crippen molar-refractivity contribution in [3.8, 4) is 11.5 Å². The van der Waals surface area contributed by atoms with Gasteiger partial charge in [0.25, 0.3) is 0 Å². The highest BCUT2D eigenvalue weighted by molar-refractivity contribution is 5.93. The van der Waals surface area contributed by atoms with Gasteiger partial charge in [0.05, 0.1) is 11.3 Å². The van der Waals surface area contributed by atoms with Crippen molar-refractivity contribution in [1.82, 2.24) is 0 Å². The number of alkyl halides is 3. The fourth-order valence-corrected chi connectivity index (χ4v) is 1.95. The van der Waals surface area contributed by atoms with Crippen LogP contribution in [0.3, 0.4) is 0 Å². The number of aliphatic imine (C=N–C) groups is 2. The van der Waals surface area contributed by atoms with E-state index in [2.05, 4.69) is 9.98 Å². The summed E-state index contributed by atoms with van der Waals surface area (Å²) in [5.74, 6) is 0.418. The van der Waals surface area contributed by atoms with Crippen molar-refractivity contribution >= 4 is 17.6 Å². The number of halogens is 3. The van der Waals surface area contributed by atoms with Crippen molar-refractivity contribution in [2.24, 2.45) is 27.2 Å². The number of nitrogens with two attached hydrogens (primary N) is 3. The molecule has 0 aromatic heterocycles. The van der Waals surface area contributed by atoms with Crippen molar-refractivity contribution in [2.75, 3.05) is 0 Å². The number of guanidine groups is 2. The minimum atomic E-state index is -4.38. The van der Waals surface area contributed by atoms with E-state index in [-0.39, 0.29) is 17.7 Å². The van der Waals surface area contributed by atoms with Gasteiger partial charge in [0.2, 0.25) is 5.96 Å². The fraction of sp³-hybridized carbons (Fsp3) is 0.125. The van der Waals surface area contributed by atoms with E-state index in [9.17, 15) is 13.2 Å². The molecule has 0 saturated heterocycles. The molecule has 9 heteroatoms. The van der Waals surface area contributed by atoms with Gasteiger partial charge in [0.1, 0.15) is 11.5 Å². The molecule has 0 aliphatic rings. The number of hydrogen-bond acceptors (Lipinski definition) is 2. The molecule has 2 aromatic carbocycles. The van der Waals surface area contributed by atoms with Gasteiger partial charge in [-0.3, -0.25) is 0 Å². The van der Waals surface area contributed by atoms with Crippen molar-refractivity contribution in [3.63, 3.8) is 0 Å². The summed E-state index contributed by atoms with van der Waals surface area (Å²) in [4.78, 5) is 7.66. The molecule has 6 N–H and O–H groups in total. The van der Waals surface area contributed by atoms with Crippen LogP contribution >= 0.6 is 0 Å². The van der Waals surface area contributed by atoms with Gasteiger partial charge in [-0.15, -0.1) is 0 Å². The SMILES string of the molecule is Cc1cc(Oc2ccc(C(F)(F)F)cc2)ccc1N=C(N)N=C(N)N. The number of ether oxygens (including phenoxy) is 1. The predicted molar refractivity (Wildman–Crippen MR) is 89.8 cm³/mol. The van der Waals surface area contributed by atoms with Crippen molar-refractivity contribution in [3.05, 3.63) is 53.6 Å². The second-order valence-electron chi connectivity index (χ2n) is 5.08. The molecule has 0 heterocycles. The number of nitrogens with zero attached hydrogens (tertiary/aromatic N) is 2. The van der Waals surface area contributed by atoms with Gasteiger partial charge in [-0.05, 0) is 55.0 Å². The lowest BCUT2D eigenvalue weighted by Gasteiger charge is -2.10. The van der Waals surface area contributed by atoms with Crippen LogP contribution in [0.25, 0.3) is 0 Å². The quantitative estimate of drug-likeness (QED) is 0.583. The lowest BCUT2D eigenvalue weighted by atomic mass is 10.2. The van der Waals surface area contributed by atoms with Gasteiger partial charge in [0.15, 0.2) is 5.96 Å². The van der Waals surface area contributed by atoms with Crippen molar-refractivity contribution < 1.29 is 17.9 Å². The number of aryl methyl sites for hydroxylation is 1. The minimum absolute atomic E-state index is 0.0977. The van der Waals surface area contributed by atoms with E-state index in [1.165, 1.54) is 12.1 Å². The first kappa shape index (κ1) is 18.1. The highest BCUT2D eigenvalue weighted by atomic mass is 19.4. The summed E-state index contributed by atoms with van der Waals surface area (Å²) in [6, 6.07) is 9.31. The molecule has 6 nitrogen and oxygen atoms in total. The third-order valence-corrected chi connectivity index (χ3v) is 3.06. The number of benzene rings is 2. The largest absolute Gasteiger partial charge is 0.457 e. The van der Waals surface area contributed by atoms with Crippen LogP contribution in [0.2, 0.25) is 0 Å². The normalized spacial score (nSPS) is 11.9. The first-order valence-corrected chi connectivity index (χ1v) is 7.05. The van der Waals surface area contributed by atoms with E-state index in [0.717, 1.165) is 17.7 Å². The maximum Gasteiger partial charge on any atom is 0.416 e. The Balaban J connectivity index is 2.17. The summed E-state index contributed by atoms with van der Waals surface area (Å²) in [5.41, 5.74) is 16.5. The molecule has 0 aliphatic heterocycles. The minimum Gasteiger partial charge on any atom is -0.457 e. The molecular weight excluding hydrogens is 335 g/mol. The van der Waals surface area contributed by atoms with Gasteiger partial charge in [0, 0.05) is 0 Å². The summed E-state index contributed by atoms with van der Waals surface area (Å²) < 4.78 is 43.2. The molecule has 0 spiro atoms. The standard InChI is InChI=1S/C16H16F3N5O/c1-9-8-12(6-7-13(9)23-15(22)24-14(20)21)25-11-4-2-10(3-5-11)16(17,18)19/h2-8H,1H3,(H6,20,21,22,23,24). The highest BCUT2D eigenvalue weighted by Crippen LogP contribution is 2.32. The molecule has 0 aliphatic carbocycles. The smallest absolute Gasteiger partial charge is 0.416 e. The van der Waals surface area contributed by atoms with Crippen LogP contribution < -0.4 is 21.9 Å². The summed E-state index contributed by atoms with van der Waals surface area (Å²) in [7, 11) is 0. The van der Waals surface area contributed by atoms with Gasteiger partial charge >= 0.3 is 6.18 Å². The average molecular weight is 351 g/mol. The maximum absolute atomic E-state index is 12.5. The Morgan fingerprint density at radius 2 is 1.56 bits per heavy atom. The van der Waals surface area contributed by atoms with Crippen LogP contribution in [0.4, 0.5) is 18.9 Å². The molecule has 0 unspecified atom stereocenters. The average Bonchev–Trinajstić information content (AvgIpc) is 2.49. The first-order chi connectivity index (χ1) is 11.6. The molecule has 0 bridgehead atoms. The molecular formula is C16H16F3N5O. The van der Waals surface area contributed by atoms with Gasteiger partial charge in [-0.1, -0.05) is 0 Å². The fourth-order valence-electron chi connectivity index (χ4n) is 1.95. The monoisotopic (exact) mass is 351 g/mol. The van der Waals surface area contributed by atoms with Crippen molar-refractivity contribution in [2.45, 2.75) is 13.1 Å². The Morgan fingerprint density at radius 3 is 2.08 bits per heavy atom. The first-order valence-electron chi connectivity index (χ1n) is 7.05. The third-order valence-electron chi connectivity index (χ3n) is 3.06. The van der Waals surface area contributed by atoms with Crippen LogP contribution in [0.15, 0.2) is 52.4 Å². The van der Waals surface area contributed by atoms with E-state index in [1.807, 2.05) is 0 Å². The Kier molecular flexibility index (Phi) is 5.16. The zero-order chi connectivity index (χ0) is 18.6. The topological polar surface area (TPSA) is 112 Å². The Morgan fingerprint density at radius 1 is 0.960 bits per heavy atom. The molecule has 0 saturated carbocycles. The van der Waals surface area contributed by atoms with E-state index in [0.29, 0.717) is 11.4 Å². The van der Waals surface area contributed by atoms with Crippen molar-refractivity contribution in [1.29, 1.82) is 0 Å². The molecule has 2 aromatic rings. The van der Waals surface area contributed by atoms with E-state index in [4.69, 9.17) is 21.9 Å². The number of rotatable bonds is 3. The van der Waals surface area contributed by atoms with E-state index < -0.39 is 11.7 Å². The highest BCUT2D eigenvalue weighted by Gasteiger charge is 2.30. The molecule has 0 radical (unpaired) electrons. The summed E-state index contributed by atoms with van der Waals surface area (Å²) in [6.07, 6.45) is -4.38. The van der Waals surface area contributed by atoms with Gasteiger partial charge in [-0.2, -0.15) is 18.2 Å². The lowest BCUT2D eigenvalue weighted by Crippen LogP contribution is -2.26. The molecule has 132 valence electrons. The zero-order valence-corrected chi connectivity index (χ0v) is 13.2. The van der Waals surface area contributed by atoms with E-state index >= 15 is 0 Å². The van der Waals surface area contributed by atoms with Crippen LogP contribution in [0, 0.1) is 6.92 Å².